The van der Waals surface area contributed by atoms with Gasteiger partial charge >= 0.3 is 0 Å². The van der Waals surface area contributed by atoms with Crippen molar-refractivity contribution in [2.75, 3.05) is 44.7 Å². The van der Waals surface area contributed by atoms with Crippen LogP contribution >= 0.6 is 0 Å². The van der Waals surface area contributed by atoms with Crippen LogP contribution in [0.3, 0.4) is 0 Å². The number of ether oxygens (including phenoxy) is 1. The molecule has 1 heterocycles. The Bertz CT molecular complexity index is 631. The lowest BCUT2D eigenvalue weighted by atomic mass is 10.2. The van der Waals surface area contributed by atoms with Gasteiger partial charge in [-0.25, -0.2) is 0 Å². The Balaban J connectivity index is 1.50. The van der Waals surface area contributed by atoms with E-state index in [2.05, 4.69) is 58.4 Å². The minimum Gasteiger partial charge on any atom is -0.496 e. The van der Waals surface area contributed by atoms with Crippen molar-refractivity contribution in [3.8, 4) is 5.75 Å². The number of nitrogens with zero attached hydrogens (tertiary/aromatic N) is 2. The van der Waals surface area contributed by atoms with Crippen molar-refractivity contribution in [3.63, 3.8) is 0 Å². The second-order valence-electron chi connectivity index (χ2n) is 5.77. The van der Waals surface area contributed by atoms with Gasteiger partial charge in [-0.15, -0.1) is 0 Å². The molecule has 0 aromatic heterocycles. The van der Waals surface area contributed by atoms with Gasteiger partial charge in [0.25, 0.3) is 0 Å². The Morgan fingerprint density at radius 1 is 0.913 bits per heavy atom. The SMILES string of the molecule is COc1ccccc1/C=C/CN1CCN(c2ccccc2)CC1. The highest BCUT2D eigenvalue weighted by Crippen LogP contribution is 2.19. The smallest absolute Gasteiger partial charge is 0.126 e. The van der Waals surface area contributed by atoms with E-state index in [0.717, 1.165) is 44.0 Å². The Morgan fingerprint density at radius 2 is 1.61 bits per heavy atom. The molecule has 1 aliphatic heterocycles. The summed E-state index contributed by atoms with van der Waals surface area (Å²) in [5.41, 5.74) is 2.47. The van der Waals surface area contributed by atoms with Gasteiger partial charge in [-0.3, -0.25) is 4.90 Å². The van der Waals surface area contributed by atoms with Crippen LogP contribution in [-0.4, -0.2) is 44.7 Å². The third kappa shape index (κ3) is 4.14. The third-order valence-corrected chi connectivity index (χ3v) is 4.29. The molecule has 0 bridgehead atoms. The molecule has 120 valence electrons. The summed E-state index contributed by atoms with van der Waals surface area (Å²) in [6.45, 7) is 5.37. The average Bonchev–Trinajstić information content (AvgIpc) is 2.63. The van der Waals surface area contributed by atoms with Crippen molar-refractivity contribution in [1.29, 1.82) is 0 Å². The Kier molecular flexibility index (Phi) is 5.33. The molecule has 0 N–H and O–H groups in total. The van der Waals surface area contributed by atoms with E-state index < -0.39 is 0 Å². The Labute approximate surface area is 138 Å². The summed E-state index contributed by atoms with van der Waals surface area (Å²) in [6.07, 6.45) is 4.39. The summed E-state index contributed by atoms with van der Waals surface area (Å²) < 4.78 is 5.38. The second-order valence-corrected chi connectivity index (χ2v) is 5.77. The molecule has 0 radical (unpaired) electrons. The molecule has 0 amide bonds. The average molecular weight is 308 g/mol. The van der Waals surface area contributed by atoms with Crippen LogP contribution in [0.4, 0.5) is 5.69 Å². The van der Waals surface area contributed by atoms with E-state index in [4.69, 9.17) is 4.74 Å². The van der Waals surface area contributed by atoms with Crippen molar-refractivity contribution in [2.24, 2.45) is 0 Å². The lowest BCUT2D eigenvalue weighted by Crippen LogP contribution is -2.46. The summed E-state index contributed by atoms with van der Waals surface area (Å²) in [5.74, 6) is 0.928. The van der Waals surface area contributed by atoms with E-state index in [-0.39, 0.29) is 0 Å². The molecule has 0 saturated carbocycles. The fourth-order valence-electron chi connectivity index (χ4n) is 2.96. The molecule has 2 aromatic rings. The minimum atomic E-state index is 0.928. The Hall–Kier alpha value is -2.26. The van der Waals surface area contributed by atoms with Gasteiger partial charge in [0.1, 0.15) is 5.75 Å². The van der Waals surface area contributed by atoms with Crippen molar-refractivity contribution < 1.29 is 4.74 Å². The van der Waals surface area contributed by atoms with Crippen molar-refractivity contribution in [1.82, 2.24) is 4.90 Å². The summed E-state index contributed by atoms with van der Waals surface area (Å²) in [7, 11) is 1.72. The molecule has 3 nitrogen and oxygen atoms in total. The summed E-state index contributed by atoms with van der Waals surface area (Å²) >= 11 is 0. The first kappa shape index (κ1) is 15.6. The van der Waals surface area contributed by atoms with E-state index in [0.29, 0.717) is 0 Å². The zero-order valence-corrected chi connectivity index (χ0v) is 13.7. The standard InChI is InChI=1S/C20H24N2O/c1-23-20-12-6-5-8-18(20)9-7-13-21-14-16-22(17-15-21)19-10-3-2-4-11-19/h2-12H,13-17H2,1H3/b9-7+. The molecule has 1 saturated heterocycles. The van der Waals surface area contributed by atoms with Gasteiger partial charge in [0.05, 0.1) is 7.11 Å². The normalized spacial score (nSPS) is 16.0. The quantitative estimate of drug-likeness (QED) is 0.840. The molecule has 0 atom stereocenters. The molecule has 3 heteroatoms. The van der Waals surface area contributed by atoms with E-state index in [1.165, 1.54) is 5.69 Å². The topological polar surface area (TPSA) is 15.7 Å². The molecule has 1 aliphatic rings. The van der Waals surface area contributed by atoms with Crippen LogP contribution in [-0.2, 0) is 0 Å². The largest absolute Gasteiger partial charge is 0.496 e. The Morgan fingerprint density at radius 3 is 2.35 bits per heavy atom. The molecule has 2 aromatic carbocycles. The number of hydrogen-bond donors (Lipinski definition) is 0. The zero-order chi connectivity index (χ0) is 15.9. The maximum Gasteiger partial charge on any atom is 0.126 e. The van der Waals surface area contributed by atoms with Gasteiger partial charge in [0.2, 0.25) is 0 Å². The predicted molar refractivity (Wildman–Crippen MR) is 97.1 cm³/mol. The van der Waals surface area contributed by atoms with E-state index in [1.54, 1.807) is 7.11 Å². The fourth-order valence-corrected chi connectivity index (χ4v) is 2.96. The number of para-hydroxylation sites is 2. The van der Waals surface area contributed by atoms with Crippen LogP contribution in [0.1, 0.15) is 5.56 Å². The van der Waals surface area contributed by atoms with Crippen molar-refractivity contribution >= 4 is 11.8 Å². The fraction of sp³-hybridized carbons (Fsp3) is 0.300. The van der Waals surface area contributed by atoms with Gasteiger partial charge in [-0.2, -0.15) is 0 Å². The molecule has 0 aliphatic carbocycles. The molecular weight excluding hydrogens is 284 g/mol. The first-order valence-electron chi connectivity index (χ1n) is 8.19. The van der Waals surface area contributed by atoms with Crippen molar-refractivity contribution in [3.05, 3.63) is 66.2 Å². The number of rotatable bonds is 5. The van der Waals surface area contributed by atoms with Crippen LogP contribution in [0.25, 0.3) is 6.08 Å². The van der Waals surface area contributed by atoms with Crippen molar-refractivity contribution in [2.45, 2.75) is 0 Å². The van der Waals surface area contributed by atoms with Gasteiger partial charge < -0.3 is 9.64 Å². The first-order chi connectivity index (χ1) is 11.4. The number of anilines is 1. The number of hydrogen-bond acceptors (Lipinski definition) is 3. The minimum absolute atomic E-state index is 0.928. The van der Waals surface area contributed by atoms with E-state index in [1.807, 2.05) is 18.2 Å². The highest BCUT2D eigenvalue weighted by Gasteiger charge is 2.15. The molecular formula is C20H24N2O. The molecule has 0 spiro atoms. The zero-order valence-electron chi connectivity index (χ0n) is 13.7. The highest BCUT2D eigenvalue weighted by molar-refractivity contribution is 5.57. The molecule has 1 fully saturated rings. The molecule has 3 rings (SSSR count). The van der Waals surface area contributed by atoms with E-state index in [9.17, 15) is 0 Å². The lowest BCUT2D eigenvalue weighted by molar-refractivity contribution is 0.284. The summed E-state index contributed by atoms with van der Waals surface area (Å²) in [4.78, 5) is 4.95. The van der Waals surface area contributed by atoms with Gasteiger partial charge in [0.15, 0.2) is 0 Å². The van der Waals surface area contributed by atoms with Crippen LogP contribution in [0.5, 0.6) is 5.75 Å². The maximum atomic E-state index is 5.38. The number of benzene rings is 2. The van der Waals surface area contributed by atoms with Gasteiger partial charge in [-0.05, 0) is 18.2 Å². The lowest BCUT2D eigenvalue weighted by Gasteiger charge is -2.35. The van der Waals surface area contributed by atoms with Gasteiger partial charge in [0, 0.05) is 44.0 Å². The molecule has 23 heavy (non-hydrogen) atoms. The van der Waals surface area contributed by atoms with Gasteiger partial charge in [-0.1, -0.05) is 48.6 Å². The number of piperazine rings is 1. The number of methoxy groups -OCH3 is 1. The maximum absolute atomic E-state index is 5.38. The van der Waals surface area contributed by atoms with Crippen LogP contribution < -0.4 is 9.64 Å². The summed E-state index contributed by atoms with van der Waals surface area (Å²) in [5, 5.41) is 0. The van der Waals surface area contributed by atoms with Crippen LogP contribution in [0, 0.1) is 0 Å². The first-order valence-corrected chi connectivity index (χ1v) is 8.19. The van der Waals surface area contributed by atoms with E-state index >= 15 is 0 Å². The summed E-state index contributed by atoms with van der Waals surface area (Å²) in [6, 6.07) is 18.8. The highest BCUT2D eigenvalue weighted by atomic mass is 16.5. The monoisotopic (exact) mass is 308 g/mol. The van der Waals surface area contributed by atoms with Crippen LogP contribution in [0.15, 0.2) is 60.7 Å². The third-order valence-electron chi connectivity index (χ3n) is 4.29. The predicted octanol–water partition coefficient (Wildman–Crippen LogP) is 3.53. The second kappa shape index (κ2) is 7.84. The molecule has 0 unspecified atom stereocenters. The van der Waals surface area contributed by atoms with Crippen LogP contribution in [0.2, 0.25) is 0 Å².